The summed E-state index contributed by atoms with van der Waals surface area (Å²) >= 11 is 1.66. The average Bonchev–Trinajstić information content (AvgIpc) is 3.28. The molecule has 0 radical (unpaired) electrons. The second-order valence-electron chi connectivity index (χ2n) is 6.82. The minimum absolute atomic E-state index is 0.181. The third-order valence-electron chi connectivity index (χ3n) is 4.79. The lowest BCUT2D eigenvalue weighted by Crippen LogP contribution is -2.44. The number of ether oxygens (including phenoxy) is 1. The van der Waals surface area contributed by atoms with Crippen LogP contribution >= 0.6 is 11.8 Å². The van der Waals surface area contributed by atoms with Crippen molar-refractivity contribution in [2.75, 3.05) is 11.5 Å². The number of hydrogen-bond acceptors (Lipinski definition) is 6. The first kappa shape index (κ1) is 19.8. The summed E-state index contributed by atoms with van der Waals surface area (Å²) < 4.78 is 43.0. The third kappa shape index (κ3) is 4.27. The van der Waals surface area contributed by atoms with Crippen molar-refractivity contribution in [3.63, 3.8) is 0 Å². The number of benzene rings is 1. The summed E-state index contributed by atoms with van der Waals surface area (Å²) in [5.41, 5.74) is 2.36. The maximum Gasteiger partial charge on any atom is 0.573 e. The minimum Gasteiger partial charge on any atom is -0.406 e. The van der Waals surface area contributed by atoms with Crippen molar-refractivity contribution in [2.24, 2.45) is 12.0 Å². The van der Waals surface area contributed by atoms with Crippen LogP contribution < -0.4 is 4.74 Å². The first-order valence-electron chi connectivity index (χ1n) is 8.94. The summed E-state index contributed by atoms with van der Waals surface area (Å²) in [6.07, 6.45) is 1.43. The topological polar surface area (TPSA) is 62.9 Å². The Hall–Kier alpha value is -2.46. The molecule has 0 bridgehead atoms. The molecule has 3 heterocycles. The van der Waals surface area contributed by atoms with Crippen LogP contribution in [0.2, 0.25) is 0 Å². The molecule has 154 valence electrons. The Morgan fingerprint density at radius 3 is 2.55 bits per heavy atom. The summed E-state index contributed by atoms with van der Waals surface area (Å²) in [5.74, 6) is 1.06. The Morgan fingerprint density at radius 2 is 1.97 bits per heavy atom. The highest BCUT2D eigenvalue weighted by atomic mass is 32.2. The number of nitrogens with zero attached hydrogens (tertiary/aromatic N) is 4. The van der Waals surface area contributed by atoms with E-state index >= 15 is 0 Å². The molecule has 1 aromatic heterocycles. The number of aromatic nitrogens is 2. The van der Waals surface area contributed by atoms with Gasteiger partial charge in [0.1, 0.15) is 5.75 Å². The van der Waals surface area contributed by atoms with Crippen LogP contribution in [-0.2, 0) is 7.05 Å². The number of aryl methyl sites for hydroxylation is 1. The van der Waals surface area contributed by atoms with Crippen LogP contribution in [0.25, 0.3) is 5.70 Å². The molecule has 0 aliphatic carbocycles. The van der Waals surface area contributed by atoms with Gasteiger partial charge in [-0.15, -0.1) is 13.2 Å². The normalized spacial score (nSPS) is 24.7. The lowest BCUT2D eigenvalue weighted by atomic mass is 10.0. The zero-order chi connectivity index (χ0) is 20.6. The minimum atomic E-state index is -4.74. The molecule has 29 heavy (non-hydrogen) atoms. The van der Waals surface area contributed by atoms with Gasteiger partial charge in [-0.3, -0.25) is 9.67 Å². The Balaban J connectivity index is 1.68. The molecular formula is C19H19F3N4O2S. The van der Waals surface area contributed by atoms with E-state index in [1.54, 1.807) is 41.0 Å². The first-order chi connectivity index (χ1) is 13.8. The van der Waals surface area contributed by atoms with Crippen LogP contribution in [0.15, 0.2) is 47.7 Å². The quantitative estimate of drug-likeness (QED) is 0.817. The van der Waals surface area contributed by atoms with Crippen molar-refractivity contribution in [3.05, 3.63) is 53.9 Å². The Kier molecular flexibility index (Phi) is 5.30. The predicted octanol–water partition coefficient (Wildman–Crippen LogP) is 3.22. The SMILES string of the molecule is Cn1cc(C2N=CC=C(c3ccc(OC(F)(F)F)cc3)N2[C@@H]2CSC[C@@H]2O)cn1. The van der Waals surface area contributed by atoms with Gasteiger partial charge in [-0.05, 0) is 35.9 Å². The van der Waals surface area contributed by atoms with Gasteiger partial charge in [0.2, 0.25) is 0 Å². The summed E-state index contributed by atoms with van der Waals surface area (Å²) in [4.78, 5) is 6.62. The summed E-state index contributed by atoms with van der Waals surface area (Å²) in [6, 6.07) is 5.54. The molecule has 2 aliphatic rings. The molecule has 0 spiro atoms. The highest BCUT2D eigenvalue weighted by Crippen LogP contribution is 2.39. The number of aliphatic hydroxyl groups excluding tert-OH is 1. The monoisotopic (exact) mass is 424 g/mol. The van der Waals surface area contributed by atoms with Gasteiger partial charge in [-0.1, -0.05) is 0 Å². The van der Waals surface area contributed by atoms with E-state index in [0.717, 1.165) is 17.0 Å². The lowest BCUT2D eigenvalue weighted by molar-refractivity contribution is -0.274. The zero-order valence-electron chi connectivity index (χ0n) is 15.5. The molecule has 2 aromatic rings. The van der Waals surface area contributed by atoms with Crippen molar-refractivity contribution < 1.29 is 23.0 Å². The molecule has 2 aliphatic heterocycles. The van der Waals surface area contributed by atoms with Gasteiger partial charge < -0.3 is 14.7 Å². The summed E-state index contributed by atoms with van der Waals surface area (Å²) in [5, 5.41) is 14.8. The molecule has 1 aromatic carbocycles. The van der Waals surface area contributed by atoms with E-state index in [0.29, 0.717) is 11.3 Å². The van der Waals surface area contributed by atoms with E-state index in [4.69, 9.17) is 0 Å². The number of allylic oxidation sites excluding steroid dienone is 1. The first-order valence-corrected chi connectivity index (χ1v) is 10.1. The molecule has 4 rings (SSSR count). The van der Waals surface area contributed by atoms with Gasteiger partial charge in [-0.2, -0.15) is 16.9 Å². The van der Waals surface area contributed by atoms with Crippen LogP contribution in [0.3, 0.4) is 0 Å². The molecule has 1 fully saturated rings. The molecule has 6 nitrogen and oxygen atoms in total. The van der Waals surface area contributed by atoms with Crippen molar-refractivity contribution in [2.45, 2.75) is 24.7 Å². The molecule has 1 N–H and O–H groups in total. The van der Waals surface area contributed by atoms with Gasteiger partial charge in [0.05, 0.1) is 18.3 Å². The van der Waals surface area contributed by atoms with Crippen LogP contribution in [0.1, 0.15) is 17.3 Å². The average molecular weight is 424 g/mol. The van der Waals surface area contributed by atoms with E-state index in [2.05, 4.69) is 14.8 Å². The van der Waals surface area contributed by atoms with Crippen LogP contribution in [0.4, 0.5) is 13.2 Å². The zero-order valence-corrected chi connectivity index (χ0v) is 16.3. The Labute approximate surface area is 169 Å². The number of halogens is 3. The van der Waals surface area contributed by atoms with Crippen LogP contribution in [-0.4, -0.2) is 56.0 Å². The second-order valence-corrected chi connectivity index (χ2v) is 7.90. The van der Waals surface area contributed by atoms with E-state index < -0.39 is 12.5 Å². The van der Waals surface area contributed by atoms with E-state index in [-0.39, 0.29) is 18.0 Å². The largest absolute Gasteiger partial charge is 0.573 e. The van der Waals surface area contributed by atoms with Gasteiger partial charge in [0.15, 0.2) is 6.17 Å². The van der Waals surface area contributed by atoms with Crippen LogP contribution in [0.5, 0.6) is 5.75 Å². The summed E-state index contributed by atoms with van der Waals surface area (Å²) in [6.45, 7) is 0. The smallest absolute Gasteiger partial charge is 0.406 e. The molecule has 0 saturated carbocycles. The molecule has 3 atom stereocenters. The molecule has 10 heteroatoms. The highest BCUT2D eigenvalue weighted by Gasteiger charge is 2.38. The third-order valence-corrected chi connectivity index (χ3v) is 5.94. The van der Waals surface area contributed by atoms with E-state index in [1.807, 2.05) is 24.2 Å². The van der Waals surface area contributed by atoms with E-state index in [1.165, 1.54) is 12.1 Å². The van der Waals surface area contributed by atoms with Crippen molar-refractivity contribution in [1.29, 1.82) is 0 Å². The molecule has 1 unspecified atom stereocenters. The molecular weight excluding hydrogens is 405 g/mol. The van der Waals surface area contributed by atoms with Crippen molar-refractivity contribution in [1.82, 2.24) is 14.7 Å². The lowest BCUT2D eigenvalue weighted by Gasteiger charge is -2.40. The second kappa shape index (κ2) is 7.75. The summed E-state index contributed by atoms with van der Waals surface area (Å²) in [7, 11) is 1.82. The maximum absolute atomic E-state index is 12.4. The van der Waals surface area contributed by atoms with Gasteiger partial charge in [-0.25, -0.2) is 0 Å². The highest BCUT2D eigenvalue weighted by molar-refractivity contribution is 7.99. The van der Waals surface area contributed by atoms with E-state index in [9.17, 15) is 18.3 Å². The predicted molar refractivity (Wildman–Crippen MR) is 105 cm³/mol. The van der Waals surface area contributed by atoms with Gasteiger partial charge in [0.25, 0.3) is 0 Å². The molecule has 1 saturated heterocycles. The number of aliphatic hydroxyl groups is 1. The maximum atomic E-state index is 12.4. The number of thioether (sulfide) groups is 1. The number of alkyl halides is 3. The van der Waals surface area contributed by atoms with Crippen LogP contribution in [0, 0.1) is 0 Å². The Bertz CT molecular complexity index is 926. The fourth-order valence-corrected chi connectivity index (χ4v) is 4.76. The fraction of sp³-hybridized carbons (Fsp3) is 0.368. The number of aliphatic imine (C=N–C) groups is 1. The molecule has 0 amide bonds. The standard InChI is InChI=1S/C19H19F3N4O2S/c1-25-9-13(8-24-25)18-23-7-6-15(26(18)16-10-29-11-17(16)27)12-2-4-14(5-3-12)28-19(20,21)22/h2-9,16-18,27H,10-11H2,1H3/t16-,17+,18?/m1/s1. The van der Waals surface area contributed by atoms with Crippen molar-refractivity contribution >= 4 is 23.7 Å². The fourth-order valence-electron chi connectivity index (χ4n) is 3.53. The van der Waals surface area contributed by atoms with Crippen molar-refractivity contribution in [3.8, 4) is 5.75 Å². The number of hydrogen-bond donors (Lipinski definition) is 1. The van der Waals surface area contributed by atoms with Gasteiger partial charge in [0, 0.05) is 42.2 Å². The Morgan fingerprint density at radius 1 is 1.21 bits per heavy atom. The number of rotatable bonds is 4. The van der Waals surface area contributed by atoms with Gasteiger partial charge >= 0.3 is 6.36 Å².